The summed E-state index contributed by atoms with van der Waals surface area (Å²) in [6.45, 7) is 0.197. The molecule has 1 fully saturated rings. The number of rotatable bonds is 9. The lowest BCUT2D eigenvalue weighted by molar-refractivity contribution is -0.118. The van der Waals surface area contributed by atoms with Crippen molar-refractivity contribution in [1.82, 2.24) is 9.29 Å². The summed E-state index contributed by atoms with van der Waals surface area (Å²) in [7, 11) is -3.88. The van der Waals surface area contributed by atoms with Crippen molar-refractivity contribution in [1.29, 1.82) is 5.26 Å². The number of nitrogens with one attached hydrogen (secondary N) is 1. The van der Waals surface area contributed by atoms with E-state index in [1.807, 2.05) is 54.6 Å². The third-order valence-corrected chi connectivity index (χ3v) is 8.57. The predicted molar refractivity (Wildman–Crippen MR) is 144 cm³/mol. The summed E-state index contributed by atoms with van der Waals surface area (Å²) < 4.78 is 28.5. The van der Waals surface area contributed by atoms with E-state index >= 15 is 0 Å². The van der Waals surface area contributed by atoms with Gasteiger partial charge in [0, 0.05) is 18.4 Å². The van der Waals surface area contributed by atoms with Crippen molar-refractivity contribution in [3.8, 4) is 6.07 Å². The molecule has 0 radical (unpaired) electrons. The Morgan fingerprint density at radius 3 is 2.18 bits per heavy atom. The monoisotopic (exact) mass is 522 g/mol. The summed E-state index contributed by atoms with van der Waals surface area (Å²) in [5.74, 6) is -0.0309. The number of benzene rings is 3. The van der Waals surface area contributed by atoms with Crippen LogP contribution in [-0.4, -0.2) is 23.6 Å². The molecule has 0 saturated heterocycles. The minimum absolute atomic E-state index is 0.0309. The van der Waals surface area contributed by atoms with Gasteiger partial charge in [0.25, 0.3) is 0 Å². The van der Waals surface area contributed by atoms with E-state index in [4.69, 9.17) is 5.26 Å². The molecule has 38 heavy (non-hydrogen) atoms. The molecule has 0 atom stereocenters. The number of pyridine rings is 1. The van der Waals surface area contributed by atoms with Crippen LogP contribution < -0.4 is 5.32 Å². The molecular weight excluding hydrogens is 496 g/mol. The van der Waals surface area contributed by atoms with Crippen molar-refractivity contribution < 1.29 is 13.2 Å². The molecule has 8 heteroatoms. The fraction of sp³-hybridized carbons (Fsp3) is 0.167. The van der Waals surface area contributed by atoms with Gasteiger partial charge in [-0.2, -0.15) is 9.57 Å². The molecule has 1 aromatic heterocycles. The first-order chi connectivity index (χ1) is 18.4. The van der Waals surface area contributed by atoms with Crippen LogP contribution in [0.15, 0.2) is 108 Å². The number of carbonyl (C=O) groups is 1. The Hall–Kier alpha value is -4.32. The van der Waals surface area contributed by atoms with Gasteiger partial charge in [0.05, 0.1) is 34.2 Å². The second kappa shape index (κ2) is 10.6. The van der Waals surface area contributed by atoms with E-state index in [2.05, 4.69) is 10.3 Å². The summed E-state index contributed by atoms with van der Waals surface area (Å²) >= 11 is 0. The first kappa shape index (κ1) is 25.3. The number of aromatic nitrogens is 1. The minimum atomic E-state index is -3.88. The second-order valence-electron chi connectivity index (χ2n) is 9.33. The lowest BCUT2D eigenvalue weighted by Gasteiger charge is -2.22. The van der Waals surface area contributed by atoms with Gasteiger partial charge in [-0.3, -0.25) is 9.78 Å². The van der Waals surface area contributed by atoms with Gasteiger partial charge in [-0.25, -0.2) is 8.42 Å². The van der Waals surface area contributed by atoms with Crippen molar-refractivity contribution in [2.45, 2.75) is 36.2 Å². The van der Waals surface area contributed by atoms with Gasteiger partial charge in [-0.05, 0) is 72.5 Å². The average molecular weight is 523 g/mol. The van der Waals surface area contributed by atoms with Crippen LogP contribution in [0.3, 0.4) is 0 Å². The number of sulfonamides is 1. The van der Waals surface area contributed by atoms with E-state index in [0.717, 1.165) is 24.0 Å². The molecule has 0 bridgehead atoms. The van der Waals surface area contributed by atoms with Crippen LogP contribution in [0, 0.1) is 11.3 Å². The first-order valence-electron chi connectivity index (χ1n) is 12.3. The topological polar surface area (TPSA) is 103 Å². The normalized spacial score (nSPS) is 14.0. The van der Waals surface area contributed by atoms with E-state index < -0.39 is 15.4 Å². The second-order valence-corrected chi connectivity index (χ2v) is 11.3. The van der Waals surface area contributed by atoms with E-state index in [1.54, 1.807) is 30.5 Å². The fourth-order valence-electron chi connectivity index (χ4n) is 4.43. The van der Waals surface area contributed by atoms with Crippen LogP contribution in [0.4, 0.5) is 5.69 Å². The van der Waals surface area contributed by atoms with Gasteiger partial charge in [0.15, 0.2) is 0 Å². The highest BCUT2D eigenvalue weighted by molar-refractivity contribution is 7.89. The highest BCUT2D eigenvalue weighted by atomic mass is 32.2. The molecule has 4 aromatic rings. The van der Waals surface area contributed by atoms with Crippen molar-refractivity contribution in [3.05, 3.63) is 126 Å². The van der Waals surface area contributed by atoms with Gasteiger partial charge in [0.2, 0.25) is 15.9 Å². The van der Waals surface area contributed by atoms with Gasteiger partial charge < -0.3 is 5.32 Å². The molecule has 1 heterocycles. The number of carbonyl (C=O) groups excluding carboxylic acids is 1. The molecule has 1 aliphatic rings. The summed E-state index contributed by atoms with van der Waals surface area (Å²) in [6.07, 6.45) is 3.26. The SMILES string of the molecule is N#Cc1ccc(S(=O)(=O)N(Cc2ccc(NC(=O)C3(c4ccccc4)CC3)cc2)Cc2ccccn2)cc1. The van der Waals surface area contributed by atoms with E-state index in [-0.39, 0.29) is 23.9 Å². The first-order valence-corrected chi connectivity index (χ1v) is 13.7. The Labute approximate surface area is 222 Å². The molecular formula is C30H26N4O3S. The maximum atomic E-state index is 13.6. The maximum Gasteiger partial charge on any atom is 0.243 e. The zero-order valence-corrected chi connectivity index (χ0v) is 21.4. The van der Waals surface area contributed by atoms with Crippen LogP contribution in [0.2, 0.25) is 0 Å². The van der Waals surface area contributed by atoms with Crippen molar-refractivity contribution in [2.75, 3.05) is 5.32 Å². The predicted octanol–water partition coefficient (Wildman–Crippen LogP) is 5.01. The Balaban J connectivity index is 1.34. The molecule has 1 N–H and O–H groups in total. The van der Waals surface area contributed by atoms with Crippen LogP contribution in [-0.2, 0) is 33.3 Å². The molecule has 5 rings (SSSR count). The van der Waals surface area contributed by atoms with Crippen LogP contribution in [0.25, 0.3) is 0 Å². The van der Waals surface area contributed by atoms with Gasteiger partial charge in [-0.1, -0.05) is 48.5 Å². The molecule has 7 nitrogen and oxygen atoms in total. The van der Waals surface area contributed by atoms with Crippen LogP contribution >= 0.6 is 0 Å². The van der Waals surface area contributed by atoms with E-state index in [1.165, 1.54) is 28.6 Å². The maximum absolute atomic E-state index is 13.6. The highest BCUT2D eigenvalue weighted by Crippen LogP contribution is 2.48. The summed E-state index contributed by atoms with van der Waals surface area (Å²) in [4.78, 5) is 17.5. The van der Waals surface area contributed by atoms with Crippen molar-refractivity contribution in [2.24, 2.45) is 0 Å². The van der Waals surface area contributed by atoms with Crippen molar-refractivity contribution in [3.63, 3.8) is 0 Å². The Morgan fingerprint density at radius 1 is 0.895 bits per heavy atom. The van der Waals surface area contributed by atoms with Crippen molar-refractivity contribution >= 4 is 21.6 Å². The molecule has 1 amide bonds. The van der Waals surface area contributed by atoms with E-state index in [9.17, 15) is 13.2 Å². The Kier molecular flexibility index (Phi) is 7.05. The molecule has 0 unspecified atom stereocenters. The molecule has 0 aliphatic heterocycles. The smallest absolute Gasteiger partial charge is 0.243 e. The van der Waals surface area contributed by atoms with Crippen LogP contribution in [0.5, 0.6) is 0 Å². The third-order valence-electron chi connectivity index (χ3n) is 6.77. The van der Waals surface area contributed by atoms with E-state index in [0.29, 0.717) is 16.9 Å². The van der Waals surface area contributed by atoms with Gasteiger partial charge in [-0.15, -0.1) is 0 Å². The highest BCUT2D eigenvalue weighted by Gasteiger charge is 2.51. The number of anilines is 1. The van der Waals surface area contributed by atoms with Gasteiger partial charge >= 0.3 is 0 Å². The lowest BCUT2D eigenvalue weighted by atomic mass is 9.95. The van der Waals surface area contributed by atoms with Gasteiger partial charge in [0.1, 0.15) is 0 Å². The number of hydrogen-bond acceptors (Lipinski definition) is 5. The average Bonchev–Trinajstić information content (AvgIpc) is 3.77. The summed E-state index contributed by atoms with van der Waals surface area (Å²) in [6, 6.07) is 30.3. The standard InChI is InChI=1S/C30H26N4O3S/c31-20-23-11-15-28(16-12-23)38(36,37)34(22-27-8-4-5-19-32-27)21-24-9-13-26(14-10-24)33-29(35)30(17-18-30)25-6-2-1-3-7-25/h1-16,19H,17-18,21-22H2,(H,33,35). The van der Waals surface area contributed by atoms with Crippen LogP contribution in [0.1, 0.15) is 35.2 Å². The molecule has 3 aromatic carbocycles. The quantitative estimate of drug-likeness (QED) is 0.333. The summed E-state index contributed by atoms with van der Waals surface area (Å²) in [5.41, 5.74) is 2.97. The third kappa shape index (κ3) is 5.35. The lowest BCUT2D eigenvalue weighted by Crippen LogP contribution is -2.30. The number of amides is 1. The Bertz CT molecular complexity index is 1560. The summed E-state index contributed by atoms with van der Waals surface area (Å²) in [5, 5.41) is 12.1. The number of hydrogen-bond donors (Lipinski definition) is 1. The largest absolute Gasteiger partial charge is 0.325 e. The molecule has 1 saturated carbocycles. The number of nitriles is 1. The molecule has 1 aliphatic carbocycles. The zero-order chi connectivity index (χ0) is 26.6. The minimum Gasteiger partial charge on any atom is -0.325 e. The number of nitrogens with zero attached hydrogens (tertiary/aromatic N) is 3. The zero-order valence-electron chi connectivity index (χ0n) is 20.6. The molecule has 0 spiro atoms. The molecule has 190 valence electrons. The Morgan fingerprint density at radius 2 is 1.58 bits per heavy atom. The fourth-order valence-corrected chi connectivity index (χ4v) is 5.83.